The van der Waals surface area contributed by atoms with E-state index >= 15 is 0 Å². The highest BCUT2D eigenvalue weighted by atomic mass is 15.3. The molecule has 2 aromatic rings. The van der Waals surface area contributed by atoms with E-state index < -0.39 is 0 Å². The molecule has 1 aromatic heterocycles. The summed E-state index contributed by atoms with van der Waals surface area (Å²) in [6, 6.07) is 8.58. The van der Waals surface area contributed by atoms with Crippen LogP contribution in [0.5, 0.6) is 0 Å². The fourth-order valence-electron chi connectivity index (χ4n) is 3.26. The molecule has 0 aliphatic carbocycles. The average molecular weight is 288 g/mol. The van der Waals surface area contributed by atoms with Gasteiger partial charge in [-0.05, 0) is 18.6 Å². The number of piperazine rings is 1. The Morgan fingerprint density at radius 3 is 2.67 bits per heavy atom. The van der Waals surface area contributed by atoms with Crippen LogP contribution in [0, 0.1) is 0 Å². The highest BCUT2D eigenvalue weighted by Crippen LogP contribution is 2.16. The lowest BCUT2D eigenvalue weighted by Gasteiger charge is -2.27. The smallest absolute Gasteiger partial charge is 0.165 e. The van der Waals surface area contributed by atoms with Gasteiger partial charge in [-0.2, -0.15) is 0 Å². The average Bonchev–Trinajstić information content (AvgIpc) is 2.85. The summed E-state index contributed by atoms with van der Waals surface area (Å²) in [5, 5.41) is 0. The fourth-order valence-corrected chi connectivity index (χ4v) is 3.26. The maximum absolute atomic E-state index is 4.91. The summed E-state index contributed by atoms with van der Waals surface area (Å²) >= 11 is 0. The van der Waals surface area contributed by atoms with Gasteiger partial charge in [-0.15, -0.1) is 0 Å². The van der Waals surface area contributed by atoms with Crippen molar-refractivity contribution < 1.29 is 9.80 Å². The molecule has 1 saturated heterocycles. The second-order valence-corrected chi connectivity index (χ2v) is 6.41. The van der Waals surface area contributed by atoms with Gasteiger partial charge in [0.25, 0.3) is 0 Å². The molecule has 3 rings (SSSR count). The van der Waals surface area contributed by atoms with Crippen LogP contribution in [0.25, 0.3) is 11.0 Å². The summed E-state index contributed by atoms with van der Waals surface area (Å²) in [4.78, 5) is 8.27. The molecule has 0 radical (unpaired) electrons. The predicted molar refractivity (Wildman–Crippen MR) is 85.7 cm³/mol. The van der Waals surface area contributed by atoms with E-state index in [0.29, 0.717) is 0 Å². The number of aromatic nitrogens is 2. The quantitative estimate of drug-likeness (QED) is 0.780. The zero-order chi connectivity index (χ0) is 14.7. The zero-order valence-corrected chi connectivity index (χ0v) is 13.4. The van der Waals surface area contributed by atoms with Gasteiger partial charge in [0.1, 0.15) is 32.7 Å². The third-order valence-corrected chi connectivity index (χ3v) is 4.69. The van der Waals surface area contributed by atoms with Crippen LogP contribution in [0.4, 0.5) is 0 Å². The van der Waals surface area contributed by atoms with E-state index in [2.05, 4.69) is 42.8 Å². The molecule has 4 heteroatoms. The number of imidazole rings is 1. The van der Waals surface area contributed by atoms with Gasteiger partial charge in [0.15, 0.2) is 5.82 Å². The summed E-state index contributed by atoms with van der Waals surface area (Å²) in [7, 11) is 2.30. The van der Waals surface area contributed by atoms with Crippen molar-refractivity contribution in [3.05, 3.63) is 30.1 Å². The monoisotopic (exact) mass is 288 g/mol. The molecular formula is C17H28N4+2. The van der Waals surface area contributed by atoms with Gasteiger partial charge in [0.05, 0.1) is 18.1 Å². The van der Waals surface area contributed by atoms with Crippen LogP contribution in [0.1, 0.15) is 25.6 Å². The lowest BCUT2D eigenvalue weighted by atomic mass is 10.3. The van der Waals surface area contributed by atoms with Crippen molar-refractivity contribution in [1.82, 2.24) is 9.55 Å². The highest BCUT2D eigenvalue weighted by Gasteiger charge is 2.22. The van der Waals surface area contributed by atoms with E-state index in [1.807, 2.05) is 0 Å². The van der Waals surface area contributed by atoms with Crippen molar-refractivity contribution in [2.24, 2.45) is 0 Å². The third-order valence-electron chi connectivity index (χ3n) is 4.69. The number of quaternary nitrogens is 2. The molecule has 0 saturated carbocycles. The summed E-state index contributed by atoms with van der Waals surface area (Å²) < 4.78 is 2.46. The third kappa shape index (κ3) is 3.27. The van der Waals surface area contributed by atoms with Crippen molar-refractivity contribution in [2.45, 2.75) is 32.9 Å². The maximum Gasteiger partial charge on any atom is 0.165 e. The lowest BCUT2D eigenvalue weighted by molar-refractivity contribution is -1.01. The Morgan fingerprint density at radius 1 is 1.14 bits per heavy atom. The van der Waals surface area contributed by atoms with E-state index in [-0.39, 0.29) is 0 Å². The van der Waals surface area contributed by atoms with Gasteiger partial charge in [0.2, 0.25) is 0 Å². The Bertz CT molecular complexity index is 581. The van der Waals surface area contributed by atoms with E-state index in [4.69, 9.17) is 4.98 Å². The van der Waals surface area contributed by atoms with Crippen molar-refractivity contribution >= 4 is 11.0 Å². The van der Waals surface area contributed by atoms with Gasteiger partial charge in [-0.3, -0.25) is 0 Å². The molecule has 0 spiro atoms. The molecular weight excluding hydrogens is 260 g/mol. The maximum atomic E-state index is 4.91. The number of unbranched alkanes of at least 4 members (excludes halogenated alkanes) is 1. The Labute approximate surface area is 127 Å². The number of rotatable bonds is 5. The zero-order valence-electron chi connectivity index (χ0n) is 13.4. The SMILES string of the molecule is CCCCn1c(C[NH+]2CC[NH+](C)CC2)nc2ccccc21. The minimum atomic E-state index is 1.08. The number of aryl methyl sites for hydroxylation is 1. The van der Waals surface area contributed by atoms with Gasteiger partial charge >= 0.3 is 0 Å². The molecule has 1 aromatic carbocycles. The predicted octanol–water partition coefficient (Wildman–Crippen LogP) is -0.250. The normalized spacial score (nSPS) is 22.8. The number of nitrogens with zero attached hydrogens (tertiary/aromatic N) is 2. The number of para-hydroxylation sites is 2. The van der Waals surface area contributed by atoms with Gasteiger partial charge in [-0.1, -0.05) is 25.5 Å². The van der Waals surface area contributed by atoms with E-state index in [1.165, 1.54) is 50.4 Å². The second-order valence-electron chi connectivity index (χ2n) is 6.41. The summed E-state index contributed by atoms with van der Waals surface area (Å²) in [5.41, 5.74) is 2.46. The first-order chi connectivity index (χ1) is 10.3. The molecule has 0 atom stereocenters. The Kier molecular flexibility index (Phi) is 4.56. The van der Waals surface area contributed by atoms with Crippen LogP contribution in [-0.2, 0) is 13.1 Å². The molecule has 1 aliphatic heterocycles. The van der Waals surface area contributed by atoms with Gasteiger partial charge < -0.3 is 14.4 Å². The van der Waals surface area contributed by atoms with Crippen LogP contribution in [0.15, 0.2) is 24.3 Å². The summed E-state index contributed by atoms with van der Waals surface area (Å²) in [6.45, 7) is 9.53. The highest BCUT2D eigenvalue weighted by molar-refractivity contribution is 5.75. The van der Waals surface area contributed by atoms with Crippen LogP contribution >= 0.6 is 0 Å². The standard InChI is InChI=1S/C17H26N4/c1-3-4-9-21-16-8-6-5-7-15(16)18-17(21)14-20-12-10-19(2)11-13-20/h5-8H,3-4,9-14H2,1-2H3/p+2. The first-order valence-electron chi connectivity index (χ1n) is 8.37. The number of hydrogen-bond donors (Lipinski definition) is 2. The molecule has 0 bridgehead atoms. The molecule has 0 unspecified atom stereocenters. The molecule has 21 heavy (non-hydrogen) atoms. The van der Waals surface area contributed by atoms with Gasteiger partial charge in [-0.25, -0.2) is 4.98 Å². The Hall–Kier alpha value is -1.39. The molecule has 4 nitrogen and oxygen atoms in total. The van der Waals surface area contributed by atoms with E-state index in [1.54, 1.807) is 9.80 Å². The number of likely N-dealkylation sites (N-methyl/N-ethyl adjacent to an activating group) is 1. The number of nitrogens with one attached hydrogen (secondary N) is 2. The molecule has 1 fully saturated rings. The first kappa shape index (κ1) is 14.5. The van der Waals surface area contributed by atoms with Crippen LogP contribution < -0.4 is 9.80 Å². The van der Waals surface area contributed by atoms with Crippen LogP contribution in [0.3, 0.4) is 0 Å². The van der Waals surface area contributed by atoms with Crippen molar-refractivity contribution in [2.75, 3.05) is 33.2 Å². The van der Waals surface area contributed by atoms with Crippen molar-refractivity contribution in [3.63, 3.8) is 0 Å². The summed E-state index contributed by atoms with van der Waals surface area (Å²) in [5.74, 6) is 1.28. The molecule has 1 aliphatic rings. The first-order valence-corrected chi connectivity index (χ1v) is 8.37. The summed E-state index contributed by atoms with van der Waals surface area (Å²) in [6.07, 6.45) is 2.46. The molecule has 2 N–H and O–H groups in total. The van der Waals surface area contributed by atoms with E-state index in [0.717, 1.165) is 18.6 Å². The van der Waals surface area contributed by atoms with Crippen molar-refractivity contribution in [1.29, 1.82) is 0 Å². The minimum absolute atomic E-state index is 1.08. The molecule has 114 valence electrons. The topological polar surface area (TPSA) is 26.7 Å². The van der Waals surface area contributed by atoms with Gasteiger partial charge in [0, 0.05) is 6.54 Å². The van der Waals surface area contributed by atoms with Crippen molar-refractivity contribution in [3.8, 4) is 0 Å². The Balaban J connectivity index is 1.82. The van der Waals surface area contributed by atoms with Crippen LogP contribution in [0.2, 0.25) is 0 Å². The van der Waals surface area contributed by atoms with Crippen LogP contribution in [-0.4, -0.2) is 42.8 Å². The minimum Gasteiger partial charge on any atom is -0.328 e. The lowest BCUT2D eigenvalue weighted by Crippen LogP contribution is -3.26. The molecule has 2 heterocycles. The largest absolute Gasteiger partial charge is 0.328 e. The number of hydrogen-bond acceptors (Lipinski definition) is 1. The molecule has 0 amide bonds. The second kappa shape index (κ2) is 6.58. The van der Waals surface area contributed by atoms with E-state index in [9.17, 15) is 0 Å². The Morgan fingerprint density at radius 2 is 1.90 bits per heavy atom. The number of benzene rings is 1. The fraction of sp³-hybridized carbons (Fsp3) is 0.588. The number of fused-ring (bicyclic) bond motifs is 1.